The molecule has 0 saturated heterocycles. The fourth-order valence-corrected chi connectivity index (χ4v) is 3.70. The first-order chi connectivity index (χ1) is 9.96. The van der Waals surface area contributed by atoms with E-state index in [2.05, 4.69) is 0 Å². The van der Waals surface area contributed by atoms with Gasteiger partial charge in [-0.2, -0.15) is 4.74 Å². The van der Waals surface area contributed by atoms with Crippen molar-refractivity contribution in [3.63, 3.8) is 0 Å². The maximum atomic E-state index is 12.9. The molecule has 0 unspecified atom stereocenters. The van der Waals surface area contributed by atoms with Crippen LogP contribution in [0.4, 0.5) is 0 Å². The number of halogens is 1. The van der Waals surface area contributed by atoms with Crippen molar-refractivity contribution < 1.29 is 9.95 Å². The molecule has 0 bridgehead atoms. The van der Waals surface area contributed by atoms with Crippen molar-refractivity contribution >= 4 is 28.6 Å². The topological polar surface area (TPSA) is 49.5 Å². The Morgan fingerprint density at radius 3 is 2.57 bits per heavy atom. The van der Waals surface area contributed by atoms with E-state index in [9.17, 15) is 10.4 Å². The van der Waals surface area contributed by atoms with Crippen molar-refractivity contribution in [1.29, 1.82) is 0 Å². The number of rotatable bonds is 2. The van der Waals surface area contributed by atoms with Crippen LogP contribution in [0.5, 0.6) is 0 Å². The average molecular weight is 323 g/mol. The van der Waals surface area contributed by atoms with Crippen LogP contribution in [0.1, 0.15) is 24.3 Å². The highest BCUT2D eigenvalue weighted by molar-refractivity contribution is 7.12. The lowest BCUT2D eigenvalue weighted by atomic mass is 10.0. The lowest BCUT2D eigenvalue weighted by Crippen LogP contribution is -2.45. The highest BCUT2D eigenvalue weighted by atomic mass is 35.5. The first-order valence-corrected chi connectivity index (χ1v) is 7.84. The molecule has 0 aliphatic carbocycles. The minimum Gasteiger partial charge on any atom is -0.622 e. The van der Waals surface area contributed by atoms with Gasteiger partial charge in [0.1, 0.15) is 6.04 Å². The Morgan fingerprint density at radius 1 is 1.33 bits per heavy atom. The SMILES string of the molecule is C[C@H]1C(c2cccs2)=[N+]([O-])[C@@](C)(c2ccc(Cl)cc2)N1O. The third-order valence-electron chi connectivity index (χ3n) is 3.99. The van der Waals surface area contributed by atoms with Gasteiger partial charge in [-0.25, -0.2) is 0 Å². The number of nitrogens with zero attached hydrogens (tertiary/aromatic N) is 2. The van der Waals surface area contributed by atoms with Crippen molar-refractivity contribution in [2.45, 2.75) is 25.6 Å². The molecule has 1 N–H and O–H groups in total. The van der Waals surface area contributed by atoms with Gasteiger partial charge in [0.2, 0.25) is 5.71 Å². The van der Waals surface area contributed by atoms with Crippen LogP contribution in [-0.2, 0) is 5.66 Å². The molecule has 0 radical (unpaired) electrons. The molecule has 1 aromatic heterocycles. The second-order valence-corrected chi connectivity index (χ2v) is 6.59. The van der Waals surface area contributed by atoms with Gasteiger partial charge >= 0.3 is 0 Å². The predicted molar refractivity (Wildman–Crippen MR) is 83.9 cm³/mol. The summed E-state index contributed by atoms with van der Waals surface area (Å²) in [7, 11) is 0. The van der Waals surface area contributed by atoms with Gasteiger partial charge in [-0.1, -0.05) is 17.7 Å². The molecule has 2 atom stereocenters. The highest BCUT2D eigenvalue weighted by Gasteiger charge is 2.54. The third-order valence-corrected chi connectivity index (χ3v) is 5.13. The monoisotopic (exact) mass is 322 g/mol. The van der Waals surface area contributed by atoms with Crippen LogP contribution in [-0.4, -0.2) is 26.8 Å². The lowest BCUT2D eigenvalue weighted by molar-refractivity contribution is -0.595. The molecule has 4 nitrogen and oxygen atoms in total. The number of hydrogen-bond acceptors (Lipinski definition) is 4. The van der Waals surface area contributed by atoms with Gasteiger partial charge in [0.15, 0.2) is 0 Å². The Balaban J connectivity index is 2.16. The van der Waals surface area contributed by atoms with Crippen LogP contribution in [0.3, 0.4) is 0 Å². The van der Waals surface area contributed by atoms with Crippen LogP contribution in [0.15, 0.2) is 41.8 Å². The Morgan fingerprint density at radius 2 is 2.00 bits per heavy atom. The van der Waals surface area contributed by atoms with Crippen LogP contribution >= 0.6 is 22.9 Å². The second kappa shape index (κ2) is 5.10. The Hall–Kier alpha value is -1.40. The molecule has 2 aromatic rings. The third kappa shape index (κ3) is 2.08. The highest BCUT2D eigenvalue weighted by Crippen LogP contribution is 2.37. The van der Waals surface area contributed by atoms with Gasteiger partial charge in [-0.3, -0.25) is 0 Å². The molecular weight excluding hydrogens is 308 g/mol. The van der Waals surface area contributed by atoms with E-state index in [1.54, 1.807) is 31.2 Å². The second-order valence-electron chi connectivity index (χ2n) is 5.21. The fraction of sp³-hybridized carbons (Fsp3) is 0.267. The molecule has 21 heavy (non-hydrogen) atoms. The minimum atomic E-state index is -1.16. The summed E-state index contributed by atoms with van der Waals surface area (Å²) < 4.78 is 0.896. The average Bonchev–Trinajstić information content (AvgIpc) is 3.04. The largest absolute Gasteiger partial charge is 0.622 e. The van der Waals surface area contributed by atoms with E-state index in [0.29, 0.717) is 16.3 Å². The zero-order chi connectivity index (χ0) is 15.2. The van der Waals surface area contributed by atoms with Gasteiger partial charge in [-0.15, -0.1) is 16.4 Å². The van der Waals surface area contributed by atoms with E-state index in [4.69, 9.17) is 11.6 Å². The van der Waals surface area contributed by atoms with Crippen molar-refractivity contribution in [3.8, 4) is 0 Å². The molecule has 1 aliphatic rings. The van der Waals surface area contributed by atoms with Crippen LogP contribution < -0.4 is 0 Å². The Bertz CT molecular complexity index is 684. The van der Waals surface area contributed by atoms with Gasteiger partial charge in [0.05, 0.1) is 4.88 Å². The van der Waals surface area contributed by atoms with Crippen molar-refractivity contribution in [2.24, 2.45) is 0 Å². The van der Waals surface area contributed by atoms with Crippen LogP contribution in [0.2, 0.25) is 5.02 Å². The maximum Gasteiger partial charge on any atom is 0.274 e. The quantitative estimate of drug-likeness (QED) is 0.678. The first kappa shape index (κ1) is 14.5. The summed E-state index contributed by atoms with van der Waals surface area (Å²) in [5, 5.41) is 27.0. The van der Waals surface area contributed by atoms with Crippen LogP contribution in [0, 0.1) is 5.21 Å². The van der Waals surface area contributed by atoms with E-state index in [-0.39, 0.29) is 6.04 Å². The number of hydrogen-bond donors (Lipinski definition) is 1. The molecule has 2 heterocycles. The molecule has 110 valence electrons. The van der Waals surface area contributed by atoms with E-state index in [1.165, 1.54) is 11.3 Å². The van der Waals surface area contributed by atoms with Crippen molar-refractivity contribution in [3.05, 3.63) is 62.4 Å². The Labute approximate surface area is 132 Å². The molecule has 0 saturated carbocycles. The fourth-order valence-electron chi connectivity index (χ4n) is 2.74. The van der Waals surface area contributed by atoms with E-state index >= 15 is 0 Å². The lowest BCUT2D eigenvalue weighted by Gasteiger charge is -2.29. The molecule has 1 aromatic carbocycles. The number of thiophene rings is 1. The molecule has 0 amide bonds. The first-order valence-electron chi connectivity index (χ1n) is 6.58. The zero-order valence-electron chi connectivity index (χ0n) is 11.7. The van der Waals surface area contributed by atoms with Gasteiger partial charge in [0.25, 0.3) is 5.66 Å². The van der Waals surface area contributed by atoms with Crippen LogP contribution in [0.25, 0.3) is 0 Å². The van der Waals surface area contributed by atoms with Gasteiger partial charge in [0, 0.05) is 17.5 Å². The molecule has 3 rings (SSSR count). The van der Waals surface area contributed by atoms with Gasteiger partial charge in [-0.05, 0) is 42.6 Å². The number of hydroxylamine groups is 3. The molecule has 6 heteroatoms. The van der Waals surface area contributed by atoms with E-state index < -0.39 is 5.66 Å². The Kier molecular flexibility index (Phi) is 3.53. The van der Waals surface area contributed by atoms with Crippen molar-refractivity contribution in [2.75, 3.05) is 0 Å². The molecule has 1 aliphatic heterocycles. The summed E-state index contributed by atoms with van der Waals surface area (Å²) in [5.41, 5.74) is 0.108. The van der Waals surface area contributed by atoms with Gasteiger partial charge < -0.3 is 10.4 Å². The smallest absolute Gasteiger partial charge is 0.274 e. The molecule has 0 fully saturated rings. The normalized spacial score (nSPS) is 26.6. The van der Waals surface area contributed by atoms with E-state index in [0.717, 1.165) is 14.7 Å². The summed E-state index contributed by atoms with van der Waals surface area (Å²) >= 11 is 7.39. The summed E-state index contributed by atoms with van der Waals surface area (Å²) in [5.74, 6) is 0. The maximum absolute atomic E-state index is 12.9. The summed E-state index contributed by atoms with van der Waals surface area (Å²) in [4.78, 5) is 0.870. The number of benzene rings is 1. The molecular formula is C15H15ClN2O2S. The summed E-state index contributed by atoms with van der Waals surface area (Å²) in [6, 6.07) is 10.4. The predicted octanol–water partition coefficient (Wildman–Crippen LogP) is 3.67. The minimum absolute atomic E-state index is 0.387. The molecule has 0 spiro atoms. The zero-order valence-corrected chi connectivity index (χ0v) is 13.2. The summed E-state index contributed by atoms with van der Waals surface area (Å²) in [6.07, 6.45) is 0. The van der Waals surface area contributed by atoms with E-state index in [1.807, 2.05) is 24.4 Å². The standard InChI is InChI=1S/C15H15ClN2O2S/c1-10-14(13-4-3-9-21-13)18(20)15(2,17(10)19)11-5-7-12(16)8-6-11/h3-10,19H,1-2H3/t10-,15-/m0/s1. The van der Waals surface area contributed by atoms with Crippen molar-refractivity contribution in [1.82, 2.24) is 5.06 Å². The summed E-state index contributed by atoms with van der Waals surface area (Å²) in [6.45, 7) is 3.53.